The Balaban J connectivity index is 0. The van der Waals surface area contributed by atoms with Crippen molar-refractivity contribution in [3.63, 3.8) is 0 Å². The fraction of sp³-hybridized carbons (Fsp3) is 0.302. The molecule has 14 heteroatoms. The zero-order valence-electron chi connectivity index (χ0n) is 88.5. The van der Waals surface area contributed by atoms with Crippen LogP contribution < -0.4 is 0 Å². The van der Waals surface area contributed by atoms with Crippen LogP contribution in [0.5, 0.6) is 0 Å². The molecule has 0 spiro atoms. The van der Waals surface area contributed by atoms with E-state index < -0.39 is 39.0 Å². The average Bonchev–Trinajstić information content (AvgIpc) is 1.54. The summed E-state index contributed by atoms with van der Waals surface area (Å²) < 4.78 is 113. The molecule has 0 aromatic heterocycles. The zero-order valence-corrected chi connectivity index (χ0v) is 90.2. The smallest absolute Gasteiger partial charge is 0.286 e. The van der Waals surface area contributed by atoms with E-state index in [1.54, 1.807) is 13.8 Å². The first-order valence-corrected chi connectivity index (χ1v) is 51.7. The summed E-state index contributed by atoms with van der Waals surface area (Å²) in [6, 6.07) is 134. The molecule has 0 bridgehead atoms. The second kappa shape index (κ2) is 76.1. The molecule has 0 unspecified atom stereocenters. The lowest BCUT2D eigenvalue weighted by molar-refractivity contribution is -0.432. The van der Waals surface area contributed by atoms with Crippen LogP contribution in [0.4, 0.5) is 26.3 Å². The highest BCUT2D eigenvalue weighted by Crippen LogP contribution is 2.58. The van der Waals surface area contributed by atoms with Gasteiger partial charge in [0.2, 0.25) is 5.41 Å². The Morgan fingerprint density at radius 1 is 0.300 bits per heavy atom. The Hall–Kier alpha value is -11.7. The van der Waals surface area contributed by atoms with Crippen LogP contribution in [0.15, 0.2) is 406 Å². The summed E-state index contributed by atoms with van der Waals surface area (Å²) in [5.74, 6) is 0.563. The highest BCUT2D eigenvalue weighted by molar-refractivity contribution is 7.94. The quantitative estimate of drug-likeness (QED) is 0.0297. The fourth-order valence-corrected chi connectivity index (χ4v) is 13.6. The third kappa shape index (κ3) is 46.6. The molecule has 756 valence electrons. The van der Waals surface area contributed by atoms with Crippen molar-refractivity contribution in [2.45, 2.75) is 241 Å². The van der Waals surface area contributed by atoms with Crippen LogP contribution in [0.3, 0.4) is 0 Å². The molecule has 0 fully saturated rings. The summed E-state index contributed by atoms with van der Waals surface area (Å²) in [6.07, 6.45) is -5.74. The van der Waals surface area contributed by atoms with Crippen molar-refractivity contribution in [3.05, 3.63) is 490 Å². The molecule has 15 aromatic carbocycles. The number of unbranched alkanes of at least 4 members (excludes halogenated alkanes) is 2. The molecule has 1 aliphatic carbocycles. The van der Waals surface area contributed by atoms with Gasteiger partial charge in [-0.1, -0.05) is 608 Å². The van der Waals surface area contributed by atoms with E-state index in [0.29, 0.717) is 11.1 Å². The minimum atomic E-state index is -5.53. The van der Waals surface area contributed by atoms with Gasteiger partial charge >= 0.3 is 12.4 Å². The predicted molar refractivity (Wildman–Crippen MR) is 597 cm³/mol. The molecule has 0 radical (unpaired) electrons. The summed E-state index contributed by atoms with van der Waals surface area (Å²) in [6.45, 7) is 54.2. The Kier molecular flexibility index (Phi) is 70.9. The van der Waals surface area contributed by atoms with Gasteiger partial charge in [-0.3, -0.25) is 4.55 Å². The van der Waals surface area contributed by atoms with E-state index in [4.69, 9.17) is 9.81 Å². The van der Waals surface area contributed by atoms with Crippen molar-refractivity contribution in [2.75, 3.05) is 11.5 Å². The number of aryl methyl sites for hydroxylation is 7. The van der Waals surface area contributed by atoms with Crippen molar-refractivity contribution in [3.8, 4) is 22.3 Å². The van der Waals surface area contributed by atoms with Crippen molar-refractivity contribution >= 4 is 32.9 Å². The molecule has 15 aromatic rings. The number of hydrogen-bond acceptors (Lipinski definition) is 6. The Labute approximate surface area is 846 Å². The minimum absolute atomic E-state index is 0.0708. The van der Waals surface area contributed by atoms with Crippen LogP contribution in [0.1, 0.15) is 248 Å². The first-order valence-electron chi connectivity index (χ1n) is 49.2. The number of hydrogen-bond donors (Lipinski definition) is 2. The van der Waals surface area contributed by atoms with Crippen molar-refractivity contribution < 1.29 is 53.9 Å². The van der Waals surface area contributed by atoms with Crippen LogP contribution in [0.2, 0.25) is 0 Å². The van der Waals surface area contributed by atoms with Gasteiger partial charge in [0, 0.05) is 23.2 Å². The van der Waals surface area contributed by atoms with Crippen molar-refractivity contribution in [1.29, 1.82) is 0 Å². The van der Waals surface area contributed by atoms with Gasteiger partial charge in [0.15, 0.2) is 0 Å². The molecule has 0 heterocycles. The van der Waals surface area contributed by atoms with Gasteiger partial charge in [0.25, 0.3) is 10.1 Å². The highest BCUT2D eigenvalue weighted by atomic mass is 32.2. The fourth-order valence-electron chi connectivity index (χ4n) is 13.4. The molecular weight excluding hydrogens is 1790 g/mol. The van der Waals surface area contributed by atoms with Crippen molar-refractivity contribution in [2.24, 2.45) is 0 Å². The third-order valence-corrected chi connectivity index (χ3v) is 21.5. The summed E-state index contributed by atoms with van der Waals surface area (Å²) in [5, 5.41) is 13.3. The number of fused-ring (bicyclic) bond motifs is 4. The third-order valence-electron chi connectivity index (χ3n) is 20.4. The number of halogens is 6. The average molecular weight is 1950 g/mol. The predicted octanol–water partition coefficient (Wildman–Crippen LogP) is 39.3. The van der Waals surface area contributed by atoms with Crippen LogP contribution >= 0.6 is 12.0 Å². The van der Waals surface area contributed by atoms with Gasteiger partial charge in [-0.2, -0.15) is 34.8 Å². The molecular formula is C126H162F6O6S2. The van der Waals surface area contributed by atoms with Gasteiger partial charge < -0.3 is 0 Å². The van der Waals surface area contributed by atoms with E-state index >= 15 is 0 Å². The van der Waals surface area contributed by atoms with Crippen molar-refractivity contribution in [1.82, 2.24) is 0 Å². The second-order valence-corrected chi connectivity index (χ2v) is 33.6. The molecule has 16 rings (SSSR count). The van der Waals surface area contributed by atoms with E-state index in [0.717, 1.165) is 42.1 Å². The Morgan fingerprint density at radius 2 is 0.507 bits per heavy atom. The van der Waals surface area contributed by atoms with Gasteiger partial charge in [-0.25, -0.2) is 5.26 Å². The van der Waals surface area contributed by atoms with Gasteiger partial charge in [-0.05, 0) is 133 Å². The monoisotopic (exact) mass is 1950 g/mol. The van der Waals surface area contributed by atoms with Gasteiger partial charge in [0.1, 0.15) is 0 Å². The van der Waals surface area contributed by atoms with Crippen LogP contribution in [0, 0.1) is 48.5 Å². The number of rotatable bonds is 13. The molecule has 0 amide bonds. The first kappa shape index (κ1) is 130. The lowest BCUT2D eigenvalue weighted by Gasteiger charge is -2.38. The molecule has 140 heavy (non-hydrogen) atoms. The molecule has 0 saturated carbocycles. The molecule has 6 nitrogen and oxygen atoms in total. The van der Waals surface area contributed by atoms with Crippen LogP contribution in [-0.2, 0) is 35.7 Å². The molecule has 2 N–H and O–H groups in total. The van der Waals surface area contributed by atoms with Gasteiger partial charge in [0.05, 0.1) is 11.2 Å². The molecule has 0 aliphatic heterocycles. The van der Waals surface area contributed by atoms with Crippen LogP contribution in [0.25, 0.3) is 33.0 Å². The Morgan fingerprint density at radius 3 is 0.707 bits per heavy atom. The maximum atomic E-state index is 13.7. The standard InChI is InChI=1S/C25H18.C17H14F6.C17H20.C14H14.C10H8.C7H8.2C6H6.C5H12.C3H8.2C2H6O3S.6C2H6/c1-3-11-19(12-4-1)25(20-13-5-2-6-14-20)23-17-9-7-15-21(23)22-16-8-10-18-24(22)25;1-11-3-7-13(8-4-11)15(16(18,19)20,17(21,22)23)14-9-5-12(2)6-10-14;1-13-5-9-15(10-6-13)17(3,4)16-11-7-14(2)8-12-16;1-11-3-7-13(8-4-11)14-9-5-12(2)6-10-14;1-2-6-10-8-4-3-7-9(10)5-1;1-7-5-3-2-4-6-7;2*1-2-4-6-5-3-1;1-3-5-4-2;1-3-2;1-2-6(3,4)5;1-2-6-5-4-3;6*1-2/h1-18H;3-10H,1-2H3;5-12H,1-4H3;3-10H,1-2H3;1-8H;2-6H,1H3;2*1-6H;3-5H2,1-2H3;3H2,1-2H3;2H2,1H3,(H,3,4,5);3H,2H2,1H3;6*1-2H3. The summed E-state index contributed by atoms with van der Waals surface area (Å²) in [4.78, 5) is 0. The highest BCUT2D eigenvalue weighted by Gasteiger charge is 2.72. The molecule has 0 saturated heterocycles. The van der Waals surface area contributed by atoms with E-state index in [-0.39, 0.29) is 16.6 Å². The lowest BCUT2D eigenvalue weighted by Crippen LogP contribution is -2.54. The maximum absolute atomic E-state index is 13.7. The topological polar surface area (TPSA) is 93.1 Å². The summed E-state index contributed by atoms with van der Waals surface area (Å²) >= 11 is 1.04. The maximum Gasteiger partial charge on any atom is 0.411 e. The first-order chi connectivity index (χ1) is 67.3. The minimum Gasteiger partial charge on any atom is -0.286 e. The van der Waals surface area contributed by atoms with Crippen LogP contribution in [-0.4, -0.2) is 42.1 Å². The molecule has 0 atom stereocenters. The SMILES string of the molecule is CC.CC.CC.CC.CC.CC.CCC.CCCCC.CCS(=O)(=O)O.CCSOOO.Cc1ccc(-c2ccc(C)cc2)cc1.Cc1ccc(C(C)(C)c2ccc(C)cc2)cc1.Cc1ccc(C(c2ccc(C)cc2)(C(F)(F)F)C(F)(F)F)cc1.Cc1ccccc1.c1ccc(C2(c3ccccc3)c3ccccc3-c3ccccc32)cc1.c1ccc2ccccc2c1.c1ccccc1.c1ccccc1. The van der Waals surface area contributed by atoms with Gasteiger partial charge in [-0.15, -0.1) is 4.33 Å². The van der Waals surface area contributed by atoms with E-state index in [1.807, 2.05) is 181 Å². The summed E-state index contributed by atoms with van der Waals surface area (Å²) in [7, 11) is -3.66. The van der Waals surface area contributed by atoms with E-state index in [1.165, 1.54) is 151 Å². The lowest BCUT2D eigenvalue weighted by atomic mass is 9.68. The normalized spacial score (nSPS) is 10.5. The zero-order chi connectivity index (χ0) is 106. The number of benzene rings is 15. The second-order valence-electron chi connectivity index (χ2n) is 30.9. The van der Waals surface area contributed by atoms with E-state index in [9.17, 15) is 34.8 Å². The Bertz CT molecular complexity index is 5180. The van der Waals surface area contributed by atoms with E-state index in [2.05, 4.69) is 352 Å². The largest absolute Gasteiger partial charge is 0.411 e. The molecule has 1 aliphatic rings. The number of alkyl halides is 6. The summed E-state index contributed by atoms with van der Waals surface area (Å²) in [5.41, 5.74) is 15.2.